The lowest BCUT2D eigenvalue weighted by molar-refractivity contribution is -0.384. The van der Waals surface area contributed by atoms with Crippen LogP contribution in [0.25, 0.3) is 16.7 Å². The van der Waals surface area contributed by atoms with Crippen LogP contribution in [0.3, 0.4) is 0 Å². The highest BCUT2D eigenvalue weighted by Gasteiger charge is 2.20. The summed E-state index contributed by atoms with van der Waals surface area (Å²) < 4.78 is 7.40. The van der Waals surface area contributed by atoms with Crippen LogP contribution in [0, 0.1) is 10.1 Å². The second kappa shape index (κ2) is 10.6. The molecule has 9 heteroatoms. The normalized spacial score (nSPS) is 11.9. The van der Waals surface area contributed by atoms with E-state index in [1.165, 1.54) is 23.9 Å². The van der Waals surface area contributed by atoms with Crippen molar-refractivity contribution in [3.05, 3.63) is 82.4 Å². The molecule has 4 aromatic rings. The molecule has 1 unspecified atom stereocenters. The molecule has 0 aliphatic carbocycles. The molecule has 0 aliphatic rings. The summed E-state index contributed by atoms with van der Waals surface area (Å²) in [5, 5.41) is 14.8. The van der Waals surface area contributed by atoms with Crippen molar-refractivity contribution in [2.75, 3.05) is 18.2 Å². The molecule has 0 bridgehead atoms. The summed E-state index contributed by atoms with van der Waals surface area (Å²) in [5.41, 5.74) is 3.75. The molecule has 1 aromatic heterocycles. The molecule has 0 saturated heterocycles. The number of amides is 1. The minimum Gasteiger partial charge on any atom is -0.495 e. The predicted molar refractivity (Wildman–Crippen MR) is 139 cm³/mol. The Hall–Kier alpha value is -3.85. The summed E-state index contributed by atoms with van der Waals surface area (Å²) >= 11 is 1.26. The molecule has 180 valence electrons. The van der Waals surface area contributed by atoms with Gasteiger partial charge in [-0.25, -0.2) is 4.98 Å². The van der Waals surface area contributed by atoms with Gasteiger partial charge in [0, 0.05) is 17.8 Å². The van der Waals surface area contributed by atoms with Crippen molar-refractivity contribution in [3.8, 4) is 11.4 Å². The Morgan fingerprint density at radius 1 is 1.17 bits per heavy atom. The zero-order valence-corrected chi connectivity index (χ0v) is 20.5. The molecular formula is C26H26N4O4S. The molecule has 8 nitrogen and oxygen atoms in total. The number of aromatic nitrogens is 2. The van der Waals surface area contributed by atoms with Crippen molar-refractivity contribution < 1.29 is 14.5 Å². The van der Waals surface area contributed by atoms with Crippen LogP contribution >= 0.6 is 11.8 Å². The molecule has 0 aliphatic heterocycles. The molecule has 1 atom stereocenters. The van der Waals surface area contributed by atoms with Gasteiger partial charge in [-0.1, -0.05) is 55.9 Å². The van der Waals surface area contributed by atoms with Crippen LogP contribution in [0.1, 0.15) is 31.7 Å². The third-order valence-electron chi connectivity index (χ3n) is 5.85. The number of nitrogens with one attached hydrogen (secondary N) is 1. The van der Waals surface area contributed by atoms with E-state index in [9.17, 15) is 14.9 Å². The molecular weight excluding hydrogens is 464 g/mol. The van der Waals surface area contributed by atoms with E-state index in [0.717, 1.165) is 23.4 Å². The van der Waals surface area contributed by atoms with E-state index in [2.05, 4.69) is 24.1 Å². The minimum absolute atomic E-state index is 0.0434. The number of fused-ring (bicyclic) bond motifs is 1. The Bertz CT molecular complexity index is 1390. The molecule has 1 amide bonds. The van der Waals surface area contributed by atoms with Crippen LogP contribution < -0.4 is 10.1 Å². The second-order valence-corrected chi connectivity index (χ2v) is 9.01. The summed E-state index contributed by atoms with van der Waals surface area (Å²) in [6.07, 6.45) is 0.969. The summed E-state index contributed by atoms with van der Waals surface area (Å²) in [6.45, 7) is 4.25. The van der Waals surface area contributed by atoms with Gasteiger partial charge in [-0.3, -0.25) is 19.5 Å². The quantitative estimate of drug-likeness (QED) is 0.171. The fourth-order valence-electron chi connectivity index (χ4n) is 3.88. The number of ether oxygens (including phenoxy) is 1. The fourth-order valence-corrected chi connectivity index (χ4v) is 4.70. The summed E-state index contributed by atoms with van der Waals surface area (Å²) in [5.74, 6) is 0.911. The Morgan fingerprint density at radius 2 is 1.91 bits per heavy atom. The predicted octanol–water partition coefficient (Wildman–Crippen LogP) is 6.19. The topological polar surface area (TPSA) is 99.3 Å². The molecule has 0 radical (unpaired) electrons. The molecule has 4 rings (SSSR count). The fraction of sp³-hybridized carbons (Fsp3) is 0.231. The molecule has 1 N–H and O–H groups in total. The molecule has 1 heterocycles. The number of para-hydroxylation sites is 3. The maximum absolute atomic E-state index is 12.9. The van der Waals surface area contributed by atoms with Gasteiger partial charge in [0.15, 0.2) is 5.16 Å². The van der Waals surface area contributed by atoms with Crippen LogP contribution in [0.2, 0.25) is 0 Å². The van der Waals surface area contributed by atoms with E-state index in [4.69, 9.17) is 4.74 Å². The molecule has 0 fully saturated rings. The summed E-state index contributed by atoms with van der Waals surface area (Å²) in [6, 6.07) is 19.8. The maximum Gasteiger partial charge on any atom is 0.271 e. The number of nitrogens with zero attached hydrogens (tertiary/aromatic N) is 3. The van der Waals surface area contributed by atoms with Crippen molar-refractivity contribution in [1.82, 2.24) is 9.55 Å². The van der Waals surface area contributed by atoms with Crippen LogP contribution in [0.5, 0.6) is 5.75 Å². The van der Waals surface area contributed by atoms with E-state index < -0.39 is 4.92 Å². The van der Waals surface area contributed by atoms with E-state index in [1.54, 1.807) is 13.2 Å². The molecule has 0 saturated carbocycles. The highest BCUT2D eigenvalue weighted by molar-refractivity contribution is 7.99. The number of thioether (sulfide) groups is 1. The van der Waals surface area contributed by atoms with Gasteiger partial charge in [-0.05, 0) is 42.2 Å². The van der Waals surface area contributed by atoms with Crippen molar-refractivity contribution in [2.45, 2.75) is 31.3 Å². The Morgan fingerprint density at radius 3 is 2.66 bits per heavy atom. The lowest BCUT2D eigenvalue weighted by atomic mass is 9.97. The van der Waals surface area contributed by atoms with E-state index in [1.807, 2.05) is 53.1 Å². The van der Waals surface area contributed by atoms with E-state index in [-0.39, 0.29) is 17.3 Å². The van der Waals surface area contributed by atoms with Gasteiger partial charge in [-0.15, -0.1) is 0 Å². The zero-order chi connectivity index (χ0) is 24.9. The first-order chi connectivity index (χ1) is 16.9. The number of non-ortho nitro benzene ring substituents is 1. The molecule has 0 spiro atoms. The van der Waals surface area contributed by atoms with Crippen molar-refractivity contribution in [1.29, 1.82) is 0 Å². The van der Waals surface area contributed by atoms with Crippen LogP contribution in [-0.2, 0) is 4.79 Å². The first-order valence-corrected chi connectivity index (χ1v) is 12.2. The lowest BCUT2D eigenvalue weighted by Crippen LogP contribution is -2.16. The minimum atomic E-state index is -0.448. The van der Waals surface area contributed by atoms with Crippen LogP contribution in [0.15, 0.2) is 71.9 Å². The SMILES string of the molecule is CCC(C)c1ccccc1NC(=O)CSc1nc2cc([N+](=O)[O-])ccc2n1-c1ccccc1OC. The largest absolute Gasteiger partial charge is 0.495 e. The number of hydrogen-bond acceptors (Lipinski definition) is 6. The van der Waals surface area contributed by atoms with Gasteiger partial charge in [0.2, 0.25) is 5.91 Å². The number of methoxy groups -OCH3 is 1. The number of imidazole rings is 1. The molecule has 3 aromatic carbocycles. The Balaban J connectivity index is 1.66. The number of benzene rings is 3. The standard InChI is InChI=1S/C26H26N4O4S/c1-4-17(2)19-9-5-6-10-20(19)27-25(31)16-35-26-28-21-15-18(30(32)33)13-14-22(21)29(26)23-11-7-8-12-24(23)34-3/h5-15,17H,4,16H2,1-3H3,(H,27,31). The number of carbonyl (C=O) groups excluding carboxylic acids is 1. The second-order valence-electron chi connectivity index (χ2n) is 8.07. The van der Waals surface area contributed by atoms with Gasteiger partial charge in [0.25, 0.3) is 5.69 Å². The number of hydrogen-bond donors (Lipinski definition) is 1. The van der Waals surface area contributed by atoms with Crippen molar-refractivity contribution in [3.63, 3.8) is 0 Å². The van der Waals surface area contributed by atoms with Crippen molar-refractivity contribution >= 4 is 40.1 Å². The Kier molecular flexibility index (Phi) is 7.36. The van der Waals surface area contributed by atoms with Gasteiger partial charge in [-0.2, -0.15) is 0 Å². The van der Waals surface area contributed by atoms with Gasteiger partial charge < -0.3 is 10.1 Å². The Labute approximate surface area is 207 Å². The summed E-state index contributed by atoms with van der Waals surface area (Å²) in [7, 11) is 1.58. The highest BCUT2D eigenvalue weighted by Crippen LogP contribution is 2.34. The number of nitro groups is 1. The first-order valence-electron chi connectivity index (χ1n) is 11.2. The van der Waals surface area contributed by atoms with Crippen LogP contribution in [0.4, 0.5) is 11.4 Å². The van der Waals surface area contributed by atoms with Crippen LogP contribution in [-0.4, -0.2) is 33.2 Å². The average molecular weight is 491 g/mol. The van der Waals surface area contributed by atoms with Gasteiger partial charge in [0.1, 0.15) is 5.75 Å². The number of rotatable bonds is 9. The lowest BCUT2D eigenvalue weighted by Gasteiger charge is -2.16. The monoisotopic (exact) mass is 490 g/mol. The van der Waals surface area contributed by atoms with E-state index in [0.29, 0.717) is 27.9 Å². The third-order valence-corrected chi connectivity index (χ3v) is 6.79. The molecule has 35 heavy (non-hydrogen) atoms. The number of carbonyl (C=O) groups is 1. The van der Waals surface area contributed by atoms with Gasteiger partial charge in [0.05, 0.1) is 34.5 Å². The van der Waals surface area contributed by atoms with Gasteiger partial charge >= 0.3 is 0 Å². The number of anilines is 1. The average Bonchev–Trinajstić information content (AvgIpc) is 3.24. The first kappa shape index (κ1) is 24.3. The third kappa shape index (κ3) is 5.14. The van der Waals surface area contributed by atoms with Crippen molar-refractivity contribution in [2.24, 2.45) is 0 Å². The summed E-state index contributed by atoms with van der Waals surface area (Å²) in [4.78, 5) is 28.4. The number of nitro benzene ring substituents is 1. The smallest absolute Gasteiger partial charge is 0.271 e. The van der Waals surface area contributed by atoms with E-state index >= 15 is 0 Å². The maximum atomic E-state index is 12.9. The zero-order valence-electron chi connectivity index (χ0n) is 19.7. The highest BCUT2D eigenvalue weighted by atomic mass is 32.2.